The molecule has 6 nitrogen and oxygen atoms in total. The van der Waals surface area contributed by atoms with Gasteiger partial charge in [0.1, 0.15) is 5.75 Å². The number of ether oxygens (including phenoxy) is 2. The van der Waals surface area contributed by atoms with Crippen molar-refractivity contribution in [2.24, 2.45) is 5.10 Å². The first-order valence-electron chi connectivity index (χ1n) is 8.01. The normalized spacial score (nSPS) is 10.5. The van der Waals surface area contributed by atoms with E-state index in [1.54, 1.807) is 25.1 Å². The maximum atomic E-state index is 11.9. The number of nitrogens with zero attached hydrogens (tertiary/aromatic N) is 1. The van der Waals surface area contributed by atoms with Crippen molar-refractivity contribution in [3.63, 3.8) is 0 Å². The molecule has 0 radical (unpaired) electrons. The predicted octanol–water partition coefficient (Wildman–Crippen LogP) is 3.08. The van der Waals surface area contributed by atoms with Crippen LogP contribution in [0.3, 0.4) is 0 Å². The summed E-state index contributed by atoms with van der Waals surface area (Å²) in [7, 11) is 0. The van der Waals surface area contributed by atoms with Crippen LogP contribution in [0.1, 0.15) is 18.1 Å². The molecule has 26 heavy (non-hydrogen) atoms. The second-order valence-electron chi connectivity index (χ2n) is 5.26. The van der Waals surface area contributed by atoms with Crippen LogP contribution >= 0.6 is 15.9 Å². The number of carbonyl (C=O) groups excluding carboxylic acids is 2. The first-order chi connectivity index (χ1) is 12.6. The third-order valence-electron chi connectivity index (χ3n) is 3.20. The van der Waals surface area contributed by atoms with Gasteiger partial charge in [0.2, 0.25) is 5.91 Å². The van der Waals surface area contributed by atoms with Crippen molar-refractivity contribution in [3.05, 3.63) is 64.1 Å². The molecule has 2 aromatic carbocycles. The lowest BCUT2D eigenvalue weighted by Gasteiger charge is -2.06. The summed E-state index contributed by atoms with van der Waals surface area (Å²) in [5.74, 6) is -0.117. The van der Waals surface area contributed by atoms with Crippen molar-refractivity contribution >= 4 is 34.0 Å². The smallest absolute Gasteiger partial charge is 0.344 e. The second kappa shape index (κ2) is 10.4. The van der Waals surface area contributed by atoms with E-state index in [0.29, 0.717) is 12.4 Å². The van der Waals surface area contributed by atoms with E-state index in [1.165, 1.54) is 6.21 Å². The molecule has 0 aliphatic rings. The van der Waals surface area contributed by atoms with E-state index < -0.39 is 5.97 Å². The molecule has 2 rings (SSSR count). The molecule has 0 bridgehead atoms. The van der Waals surface area contributed by atoms with Gasteiger partial charge < -0.3 is 9.47 Å². The molecule has 136 valence electrons. The van der Waals surface area contributed by atoms with Crippen LogP contribution in [0, 0.1) is 0 Å². The van der Waals surface area contributed by atoms with Crippen LogP contribution in [0.25, 0.3) is 0 Å². The Morgan fingerprint density at radius 2 is 1.96 bits per heavy atom. The molecule has 1 N–H and O–H groups in total. The molecule has 0 aliphatic heterocycles. The standard InChI is InChI=1S/C19H19BrN2O4/c1-2-25-19(24)13-26-17-5-3-4-15(10-17)12-21-22-18(23)11-14-6-8-16(20)9-7-14/h3-10,12H,2,11,13H2,1H3,(H,22,23)/b21-12-. The SMILES string of the molecule is CCOC(=O)COc1cccc(/C=N\NC(=O)Cc2ccc(Br)cc2)c1. The van der Waals surface area contributed by atoms with E-state index in [2.05, 4.69) is 26.5 Å². The van der Waals surface area contributed by atoms with Gasteiger partial charge in [-0.2, -0.15) is 5.10 Å². The topological polar surface area (TPSA) is 77.0 Å². The number of esters is 1. The lowest BCUT2D eigenvalue weighted by Crippen LogP contribution is -2.19. The van der Waals surface area contributed by atoms with Crippen LogP contribution in [0.5, 0.6) is 5.75 Å². The van der Waals surface area contributed by atoms with Crippen molar-refractivity contribution in [2.45, 2.75) is 13.3 Å². The first kappa shape index (κ1) is 19.7. The van der Waals surface area contributed by atoms with Crippen molar-refractivity contribution in [3.8, 4) is 5.75 Å². The van der Waals surface area contributed by atoms with Crippen molar-refractivity contribution < 1.29 is 19.1 Å². The number of rotatable bonds is 8. The van der Waals surface area contributed by atoms with E-state index in [4.69, 9.17) is 9.47 Å². The van der Waals surface area contributed by atoms with Crippen LogP contribution in [-0.4, -0.2) is 31.3 Å². The quantitative estimate of drug-likeness (QED) is 0.405. The Kier molecular flexibility index (Phi) is 7.82. The molecule has 0 aliphatic carbocycles. The minimum atomic E-state index is -0.424. The predicted molar refractivity (Wildman–Crippen MR) is 102 cm³/mol. The zero-order chi connectivity index (χ0) is 18.8. The first-order valence-corrected chi connectivity index (χ1v) is 8.81. The number of hydrazone groups is 1. The van der Waals surface area contributed by atoms with Crippen molar-refractivity contribution in [1.29, 1.82) is 0 Å². The van der Waals surface area contributed by atoms with E-state index in [1.807, 2.05) is 30.3 Å². The van der Waals surface area contributed by atoms with Gasteiger partial charge in [0, 0.05) is 4.47 Å². The van der Waals surface area contributed by atoms with Gasteiger partial charge in [-0.15, -0.1) is 0 Å². The zero-order valence-electron chi connectivity index (χ0n) is 14.3. The summed E-state index contributed by atoms with van der Waals surface area (Å²) in [5, 5.41) is 3.94. The monoisotopic (exact) mass is 418 g/mol. The summed E-state index contributed by atoms with van der Waals surface area (Å²) in [6.07, 6.45) is 1.75. The number of hydrogen-bond donors (Lipinski definition) is 1. The summed E-state index contributed by atoms with van der Waals surface area (Å²) in [6.45, 7) is 1.90. The van der Waals surface area contributed by atoms with Crippen molar-refractivity contribution in [1.82, 2.24) is 5.43 Å². The molecule has 0 spiro atoms. The second-order valence-corrected chi connectivity index (χ2v) is 6.18. The molecule has 0 saturated heterocycles. The van der Waals surface area contributed by atoms with Gasteiger partial charge in [0.05, 0.1) is 19.2 Å². The van der Waals surface area contributed by atoms with Crippen LogP contribution < -0.4 is 10.2 Å². The Bertz CT molecular complexity index is 775. The highest BCUT2D eigenvalue weighted by Crippen LogP contribution is 2.12. The Morgan fingerprint density at radius 3 is 2.69 bits per heavy atom. The van der Waals surface area contributed by atoms with E-state index >= 15 is 0 Å². The number of carbonyl (C=O) groups is 2. The van der Waals surface area contributed by atoms with Gasteiger partial charge in [-0.25, -0.2) is 10.2 Å². The highest BCUT2D eigenvalue weighted by atomic mass is 79.9. The van der Waals surface area contributed by atoms with Crippen LogP contribution in [0.2, 0.25) is 0 Å². The fourth-order valence-corrected chi connectivity index (χ4v) is 2.30. The molecular weight excluding hydrogens is 400 g/mol. The van der Waals surface area contributed by atoms with Gasteiger partial charge in [0.25, 0.3) is 0 Å². The molecule has 0 aromatic heterocycles. The maximum Gasteiger partial charge on any atom is 0.344 e. The zero-order valence-corrected chi connectivity index (χ0v) is 15.9. The summed E-state index contributed by atoms with van der Waals surface area (Å²) < 4.78 is 11.1. The molecule has 1 amide bonds. The third kappa shape index (κ3) is 7.06. The van der Waals surface area contributed by atoms with Crippen LogP contribution in [0.15, 0.2) is 58.1 Å². The Hall–Kier alpha value is -2.67. The number of nitrogens with one attached hydrogen (secondary N) is 1. The highest BCUT2D eigenvalue weighted by Gasteiger charge is 2.04. The van der Waals surface area contributed by atoms with E-state index in [9.17, 15) is 9.59 Å². The Labute approximate surface area is 160 Å². The third-order valence-corrected chi connectivity index (χ3v) is 3.73. The van der Waals surface area contributed by atoms with Crippen LogP contribution in [0.4, 0.5) is 0 Å². The van der Waals surface area contributed by atoms with Gasteiger partial charge in [-0.1, -0.05) is 40.2 Å². The van der Waals surface area contributed by atoms with Gasteiger partial charge in [-0.3, -0.25) is 4.79 Å². The summed E-state index contributed by atoms with van der Waals surface area (Å²) in [4.78, 5) is 23.2. The summed E-state index contributed by atoms with van der Waals surface area (Å²) in [5.41, 5.74) is 4.11. The molecular formula is C19H19BrN2O4. The van der Waals surface area contributed by atoms with Gasteiger partial charge >= 0.3 is 5.97 Å². The molecule has 0 unspecified atom stereocenters. The number of benzene rings is 2. The number of hydrogen-bond acceptors (Lipinski definition) is 5. The molecule has 0 fully saturated rings. The van der Waals surface area contributed by atoms with Crippen molar-refractivity contribution in [2.75, 3.05) is 13.2 Å². The fourth-order valence-electron chi connectivity index (χ4n) is 2.04. The van der Waals surface area contributed by atoms with Gasteiger partial charge in [0.15, 0.2) is 6.61 Å². The molecule has 0 saturated carbocycles. The maximum absolute atomic E-state index is 11.9. The number of amides is 1. The highest BCUT2D eigenvalue weighted by molar-refractivity contribution is 9.10. The average molecular weight is 419 g/mol. The lowest BCUT2D eigenvalue weighted by atomic mass is 10.1. The largest absolute Gasteiger partial charge is 0.482 e. The van der Waals surface area contributed by atoms with E-state index in [0.717, 1.165) is 15.6 Å². The fraction of sp³-hybridized carbons (Fsp3) is 0.211. The van der Waals surface area contributed by atoms with Gasteiger partial charge in [-0.05, 0) is 42.3 Å². The molecule has 7 heteroatoms. The van der Waals surface area contributed by atoms with Crippen LogP contribution in [-0.2, 0) is 20.7 Å². The molecule has 2 aromatic rings. The summed E-state index contributed by atoms with van der Waals surface area (Å²) in [6, 6.07) is 14.5. The minimum Gasteiger partial charge on any atom is -0.482 e. The minimum absolute atomic E-state index is 0.154. The number of halogens is 1. The van der Waals surface area contributed by atoms with E-state index in [-0.39, 0.29) is 18.9 Å². The Balaban J connectivity index is 1.83. The lowest BCUT2D eigenvalue weighted by molar-refractivity contribution is -0.145. The molecule has 0 heterocycles. The Morgan fingerprint density at radius 1 is 1.19 bits per heavy atom. The summed E-state index contributed by atoms with van der Waals surface area (Å²) >= 11 is 3.35. The average Bonchev–Trinajstić information content (AvgIpc) is 2.63. The molecule has 0 atom stereocenters.